The van der Waals surface area contributed by atoms with Crippen molar-refractivity contribution in [2.24, 2.45) is 0 Å². The van der Waals surface area contributed by atoms with Crippen molar-refractivity contribution in [3.63, 3.8) is 0 Å². The highest BCUT2D eigenvalue weighted by atomic mass is 16.5. The van der Waals surface area contributed by atoms with Gasteiger partial charge in [-0.15, -0.1) is 0 Å². The third-order valence-electron chi connectivity index (χ3n) is 4.31. The van der Waals surface area contributed by atoms with Gasteiger partial charge in [0.05, 0.1) is 25.6 Å². The van der Waals surface area contributed by atoms with E-state index in [4.69, 9.17) is 13.6 Å². The molecule has 0 spiro atoms. The van der Waals surface area contributed by atoms with Gasteiger partial charge in [-0.05, 0) is 42.5 Å². The van der Waals surface area contributed by atoms with Gasteiger partial charge in [-0.1, -0.05) is 0 Å². The third kappa shape index (κ3) is 3.09. The van der Waals surface area contributed by atoms with Crippen LogP contribution in [-0.4, -0.2) is 24.5 Å². The Morgan fingerprint density at radius 3 is 2.46 bits per heavy atom. The van der Waals surface area contributed by atoms with Crippen molar-refractivity contribution in [1.29, 1.82) is 0 Å². The molecule has 6 heteroatoms. The number of methoxy groups -OCH3 is 1. The number of furan rings is 2. The standard InChI is InChI=1S/C20H18N2O4/c1-24-14-7-6-13-10-17(22-16(13)11-14)20(23)21-12-15(18-4-2-8-25-18)19-5-3-9-26-19/h2-11,15,22H,12H2,1H3,(H,21,23). The second-order valence-corrected chi connectivity index (χ2v) is 5.93. The summed E-state index contributed by atoms with van der Waals surface area (Å²) in [6.07, 6.45) is 3.22. The quantitative estimate of drug-likeness (QED) is 0.552. The molecule has 132 valence electrons. The molecule has 0 saturated carbocycles. The molecule has 0 aliphatic rings. The van der Waals surface area contributed by atoms with Gasteiger partial charge in [-0.3, -0.25) is 4.79 Å². The average Bonchev–Trinajstić information content (AvgIpc) is 3.41. The minimum absolute atomic E-state index is 0.187. The number of carbonyl (C=O) groups excluding carboxylic acids is 1. The molecule has 6 nitrogen and oxygen atoms in total. The molecule has 26 heavy (non-hydrogen) atoms. The normalized spacial score (nSPS) is 11.2. The predicted octanol–water partition coefficient (Wildman–Crippen LogP) is 3.92. The lowest BCUT2D eigenvalue weighted by atomic mass is 10.0. The Morgan fingerprint density at radius 2 is 1.85 bits per heavy atom. The number of fused-ring (bicyclic) bond motifs is 1. The molecule has 3 heterocycles. The summed E-state index contributed by atoms with van der Waals surface area (Å²) in [4.78, 5) is 15.7. The number of ether oxygens (including phenoxy) is 1. The molecule has 2 N–H and O–H groups in total. The van der Waals surface area contributed by atoms with E-state index in [1.165, 1.54) is 0 Å². The topological polar surface area (TPSA) is 80.4 Å². The van der Waals surface area contributed by atoms with E-state index >= 15 is 0 Å². The van der Waals surface area contributed by atoms with Crippen LogP contribution in [0.5, 0.6) is 5.75 Å². The number of aromatic nitrogens is 1. The molecular weight excluding hydrogens is 332 g/mol. The summed E-state index contributed by atoms with van der Waals surface area (Å²) in [5.74, 6) is 1.84. The van der Waals surface area contributed by atoms with Crippen molar-refractivity contribution in [1.82, 2.24) is 10.3 Å². The molecule has 0 unspecified atom stereocenters. The monoisotopic (exact) mass is 350 g/mol. The van der Waals surface area contributed by atoms with Crippen molar-refractivity contribution in [3.05, 3.63) is 78.3 Å². The van der Waals surface area contributed by atoms with Gasteiger partial charge in [-0.2, -0.15) is 0 Å². The van der Waals surface area contributed by atoms with Crippen molar-refractivity contribution in [2.45, 2.75) is 5.92 Å². The van der Waals surface area contributed by atoms with Gasteiger partial charge >= 0.3 is 0 Å². The van der Waals surface area contributed by atoms with E-state index < -0.39 is 0 Å². The van der Waals surface area contributed by atoms with Gasteiger partial charge in [0.15, 0.2) is 0 Å². The van der Waals surface area contributed by atoms with Gasteiger partial charge in [0, 0.05) is 23.5 Å². The maximum atomic E-state index is 12.6. The summed E-state index contributed by atoms with van der Waals surface area (Å²) in [7, 11) is 1.61. The second kappa shape index (κ2) is 6.84. The van der Waals surface area contributed by atoms with E-state index in [2.05, 4.69) is 10.3 Å². The first-order valence-electron chi connectivity index (χ1n) is 8.26. The largest absolute Gasteiger partial charge is 0.497 e. The predicted molar refractivity (Wildman–Crippen MR) is 96.4 cm³/mol. The Balaban J connectivity index is 1.52. The molecule has 0 atom stereocenters. The number of benzene rings is 1. The molecule has 4 rings (SSSR count). The Bertz CT molecular complexity index is 966. The van der Waals surface area contributed by atoms with E-state index in [0.29, 0.717) is 12.2 Å². The molecule has 4 aromatic rings. The van der Waals surface area contributed by atoms with Crippen LogP contribution in [0.4, 0.5) is 0 Å². The second-order valence-electron chi connectivity index (χ2n) is 5.93. The number of rotatable bonds is 6. The highest BCUT2D eigenvalue weighted by Gasteiger charge is 2.21. The number of H-pyrrole nitrogens is 1. The van der Waals surface area contributed by atoms with Crippen LogP contribution in [0.3, 0.4) is 0 Å². The molecule has 1 aromatic carbocycles. The zero-order valence-electron chi connectivity index (χ0n) is 14.2. The fourth-order valence-electron chi connectivity index (χ4n) is 2.97. The molecule has 0 bridgehead atoms. The maximum absolute atomic E-state index is 12.6. The summed E-state index contributed by atoms with van der Waals surface area (Å²) >= 11 is 0. The Kier molecular flexibility index (Phi) is 4.23. The van der Waals surface area contributed by atoms with Crippen LogP contribution < -0.4 is 10.1 Å². The number of hydrogen-bond acceptors (Lipinski definition) is 4. The molecule has 0 radical (unpaired) electrons. The fourth-order valence-corrected chi connectivity index (χ4v) is 2.97. The molecule has 0 fully saturated rings. The van der Waals surface area contributed by atoms with E-state index in [-0.39, 0.29) is 11.8 Å². The van der Waals surface area contributed by atoms with Crippen molar-refractivity contribution >= 4 is 16.8 Å². The van der Waals surface area contributed by atoms with E-state index in [1.807, 2.05) is 48.5 Å². The summed E-state index contributed by atoms with van der Waals surface area (Å²) in [5, 5.41) is 3.89. The highest BCUT2D eigenvalue weighted by molar-refractivity contribution is 5.98. The molecule has 0 saturated heterocycles. The number of amides is 1. The van der Waals surface area contributed by atoms with Gasteiger partial charge in [0.2, 0.25) is 0 Å². The SMILES string of the molecule is COc1ccc2cc(C(=O)NCC(c3ccco3)c3ccco3)[nH]c2c1. The minimum atomic E-state index is -0.191. The van der Waals surface area contributed by atoms with E-state index in [1.54, 1.807) is 19.6 Å². The Morgan fingerprint density at radius 1 is 1.12 bits per heavy atom. The van der Waals surface area contributed by atoms with Crippen LogP contribution in [0.25, 0.3) is 10.9 Å². The zero-order chi connectivity index (χ0) is 17.9. The number of aromatic amines is 1. The first-order valence-corrected chi connectivity index (χ1v) is 8.26. The first-order chi connectivity index (χ1) is 12.7. The highest BCUT2D eigenvalue weighted by Crippen LogP contribution is 2.25. The van der Waals surface area contributed by atoms with Crippen LogP contribution >= 0.6 is 0 Å². The number of hydrogen-bond donors (Lipinski definition) is 2. The maximum Gasteiger partial charge on any atom is 0.267 e. The van der Waals surface area contributed by atoms with E-state index in [9.17, 15) is 4.79 Å². The lowest BCUT2D eigenvalue weighted by molar-refractivity contribution is 0.0947. The van der Waals surface area contributed by atoms with Gasteiger partial charge < -0.3 is 23.9 Å². The first kappa shape index (κ1) is 16.1. The van der Waals surface area contributed by atoms with Crippen LogP contribution in [0.15, 0.2) is 69.9 Å². The Hall–Kier alpha value is -3.41. The molecule has 3 aromatic heterocycles. The lowest BCUT2D eigenvalue weighted by Gasteiger charge is -2.13. The summed E-state index contributed by atoms with van der Waals surface area (Å²) in [6.45, 7) is 0.360. The number of carbonyl (C=O) groups is 1. The zero-order valence-corrected chi connectivity index (χ0v) is 14.2. The fraction of sp³-hybridized carbons (Fsp3) is 0.150. The molecule has 0 aliphatic heterocycles. The van der Waals surface area contributed by atoms with Crippen LogP contribution in [0.2, 0.25) is 0 Å². The Labute approximate surface area is 149 Å². The van der Waals surface area contributed by atoms with Crippen LogP contribution in [0, 0.1) is 0 Å². The van der Waals surface area contributed by atoms with E-state index in [0.717, 1.165) is 28.2 Å². The molecular formula is C20H18N2O4. The van der Waals surface area contributed by atoms with Gasteiger partial charge in [0.1, 0.15) is 23.0 Å². The molecule has 0 aliphatic carbocycles. The van der Waals surface area contributed by atoms with Crippen molar-refractivity contribution in [2.75, 3.05) is 13.7 Å². The minimum Gasteiger partial charge on any atom is -0.497 e. The number of nitrogens with one attached hydrogen (secondary N) is 2. The van der Waals surface area contributed by atoms with Crippen LogP contribution in [-0.2, 0) is 0 Å². The van der Waals surface area contributed by atoms with Crippen molar-refractivity contribution in [3.8, 4) is 5.75 Å². The smallest absolute Gasteiger partial charge is 0.267 e. The lowest BCUT2D eigenvalue weighted by Crippen LogP contribution is -2.28. The summed E-state index contributed by atoms with van der Waals surface area (Å²) in [5.41, 5.74) is 1.34. The summed E-state index contributed by atoms with van der Waals surface area (Å²) < 4.78 is 16.2. The summed E-state index contributed by atoms with van der Waals surface area (Å²) in [6, 6.07) is 14.8. The average molecular weight is 350 g/mol. The van der Waals surface area contributed by atoms with Crippen molar-refractivity contribution < 1.29 is 18.4 Å². The molecule has 1 amide bonds. The van der Waals surface area contributed by atoms with Gasteiger partial charge in [-0.25, -0.2) is 0 Å². The third-order valence-corrected chi connectivity index (χ3v) is 4.31. The van der Waals surface area contributed by atoms with Crippen LogP contribution in [0.1, 0.15) is 27.9 Å². The van der Waals surface area contributed by atoms with Gasteiger partial charge in [0.25, 0.3) is 5.91 Å².